The van der Waals surface area contributed by atoms with Gasteiger partial charge in [0.1, 0.15) is 5.82 Å². The van der Waals surface area contributed by atoms with Crippen molar-refractivity contribution in [3.05, 3.63) is 23.9 Å². The summed E-state index contributed by atoms with van der Waals surface area (Å²) in [7, 11) is 3.83. The normalized spacial score (nSPS) is 24.8. The van der Waals surface area contributed by atoms with E-state index in [1.807, 2.05) is 31.1 Å². The SMILES string of the molecule is CN(C)c1cccc(C(=O)OCC2CCCN3CCCCC23)n1. The number of fused-ring (bicyclic) bond motifs is 1. The highest BCUT2D eigenvalue weighted by Crippen LogP contribution is 2.31. The van der Waals surface area contributed by atoms with Gasteiger partial charge in [-0.3, -0.25) is 4.90 Å². The number of ether oxygens (including phenoxy) is 1. The molecule has 0 amide bonds. The number of carbonyl (C=O) groups is 1. The molecule has 0 saturated carbocycles. The van der Waals surface area contributed by atoms with Gasteiger partial charge in [0.2, 0.25) is 0 Å². The van der Waals surface area contributed by atoms with Crippen LogP contribution in [0.15, 0.2) is 18.2 Å². The third-order valence-corrected chi connectivity index (χ3v) is 5.06. The fraction of sp³-hybridized carbons (Fsp3) is 0.667. The van der Waals surface area contributed by atoms with Crippen LogP contribution in [0.5, 0.6) is 0 Å². The lowest BCUT2D eigenvalue weighted by molar-refractivity contribution is 0.00703. The number of carbonyl (C=O) groups excluding carboxylic acids is 1. The third-order valence-electron chi connectivity index (χ3n) is 5.06. The molecule has 3 heterocycles. The minimum atomic E-state index is -0.304. The topological polar surface area (TPSA) is 45.7 Å². The number of anilines is 1. The molecular weight excluding hydrogens is 290 g/mol. The van der Waals surface area contributed by atoms with Crippen LogP contribution in [-0.2, 0) is 4.74 Å². The Kier molecular flexibility index (Phi) is 5.16. The van der Waals surface area contributed by atoms with Gasteiger partial charge < -0.3 is 9.64 Å². The largest absolute Gasteiger partial charge is 0.461 e. The Morgan fingerprint density at radius 1 is 1.26 bits per heavy atom. The van der Waals surface area contributed by atoms with Crippen molar-refractivity contribution in [2.24, 2.45) is 5.92 Å². The number of rotatable bonds is 4. The van der Waals surface area contributed by atoms with Crippen molar-refractivity contribution in [3.8, 4) is 0 Å². The van der Waals surface area contributed by atoms with Crippen molar-refractivity contribution in [3.63, 3.8) is 0 Å². The third kappa shape index (κ3) is 3.83. The van der Waals surface area contributed by atoms with Gasteiger partial charge in [0.05, 0.1) is 6.61 Å². The highest BCUT2D eigenvalue weighted by Gasteiger charge is 2.33. The van der Waals surface area contributed by atoms with Gasteiger partial charge in [0.15, 0.2) is 5.69 Å². The van der Waals surface area contributed by atoms with Gasteiger partial charge in [-0.2, -0.15) is 0 Å². The molecule has 1 aromatic rings. The molecule has 5 heteroatoms. The smallest absolute Gasteiger partial charge is 0.357 e. The maximum absolute atomic E-state index is 12.3. The first-order chi connectivity index (χ1) is 11.1. The minimum absolute atomic E-state index is 0.304. The summed E-state index contributed by atoms with van der Waals surface area (Å²) >= 11 is 0. The fourth-order valence-electron chi connectivity index (χ4n) is 3.81. The molecule has 1 aromatic heterocycles. The second-order valence-electron chi connectivity index (χ2n) is 6.88. The number of nitrogens with zero attached hydrogens (tertiary/aromatic N) is 3. The zero-order valence-electron chi connectivity index (χ0n) is 14.2. The molecule has 2 unspecified atom stereocenters. The summed E-state index contributed by atoms with van der Waals surface area (Å²) in [5.41, 5.74) is 0.396. The van der Waals surface area contributed by atoms with Crippen LogP contribution in [0.1, 0.15) is 42.6 Å². The Morgan fingerprint density at radius 3 is 2.91 bits per heavy atom. The van der Waals surface area contributed by atoms with Crippen LogP contribution in [-0.4, -0.2) is 55.7 Å². The molecule has 2 atom stereocenters. The number of hydrogen-bond donors (Lipinski definition) is 0. The molecule has 0 N–H and O–H groups in total. The lowest BCUT2D eigenvalue weighted by Crippen LogP contribution is -2.49. The highest BCUT2D eigenvalue weighted by molar-refractivity contribution is 5.87. The van der Waals surface area contributed by atoms with Gasteiger partial charge in [-0.25, -0.2) is 9.78 Å². The zero-order valence-corrected chi connectivity index (χ0v) is 14.2. The van der Waals surface area contributed by atoms with Crippen molar-refractivity contribution < 1.29 is 9.53 Å². The van der Waals surface area contributed by atoms with Crippen molar-refractivity contribution in [1.29, 1.82) is 0 Å². The van der Waals surface area contributed by atoms with Gasteiger partial charge in [-0.1, -0.05) is 12.5 Å². The molecule has 3 rings (SSSR count). The average Bonchev–Trinajstić information content (AvgIpc) is 2.59. The summed E-state index contributed by atoms with van der Waals surface area (Å²) in [5, 5.41) is 0. The molecular formula is C18H27N3O2. The zero-order chi connectivity index (χ0) is 16.2. The van der Waals surface area contributed by atoms with Gasteiger partial charge in [0.25, 0.3) is 0 Å². The Balaban J connectivity index is 1.59. The van der Waals surface area contributed by atoms with E-state index in [1.54, 1.807) is 6.07 Å². The van der Waals surface area contributed by atoms with Crippen molar-refractivity contribution in [2.45, 2.75) is 38.1 Å². The molecule has 0 spiro atoms. The Hall–Kier alpha value is -1.62. The van der Waals surface area contributed by atoms with E-state index >= 15 is 0 Å². The van der Waals surface area contributed by atoms with E-state index in [1.165, 1.54) is 45.2 Å². The van der Waals surface area contributed by atoms with E-state index in [4.69, 9.17) is 4.74 Å². The number of aromatic nitrogens is 1. The van der Waals surface area contributed by atoms with Crippen LogP contribution in [0.4, 0.5) is 5.82 Å². The van der Waals surface area contributed by atoms with E-state index < -0.39 is 0 Å². The summed E-state index contributed by atoms with van der Waals surface area (Å²) in [6.45, 7) is 2.94. The lowest BCUT2D eigenvalue weighted by Gasteiger charge is -2.44. The van der Waals surface area contributed by atoms with Crippen molar-refractivity contribution in [1.82, 2.24) is 9.88 Å². The van der Waals surface area contributed by atoms with Gasteiger partial charge in [-0.05, 0) is 50.9 Å². The molecule has 2 aliphatic heterocycles. The van der Waals surface area contributed by atoms with Gasteiger partial charge >= 0.3 is 5.97 Å². The second-order valence-corrected chi connectivity index (χ2v) is 6.88. The second kappa shape index (κ2) is 7.30. The molecule has 5 nitrogen and oxygen atoms in total. The van der Waals surface area contributed by atoms with Crippen molar-refractivity contribution >= 4 is 11.8 Å². The molecule has 0 aliphatic carbocycles. The maximum Gasteiger partial charge on any atom is 0.357 e. The molecule has 23 heavy (non-hydrogen) atoms. The molecule has 2 aliphatic rings. The summed E-state index contributed by atoms with van der Waals surface area (Å²) in [6.07, 6.45) is 6.24. The summed E-state index contributed by atoms with van der Waals surface area (Å²) in [5.74, 6) is 0.947. The standard InChI is InChI=1S/C18H27N3O2/c1-20(2)17-10-5-8-15(19-17)18(22)23-13-14-7-6-12-21-11-4-3-9-16(14)21/h5,8,10,14,16H,3-4,6-7,9,11-13H2,1-2H3. The van der Waals surface area contributed by atoms with E-state index in [-0.39, 0.29) is 5.97 Å². The van der Waals surface area contributed by atoms with E-state index in [2.05, 4.69) is 9.88 Å². The number of hydrogen-bond acceptors (Lipinski definition) is 5. The van der Waals surface area contributed by atoms with Crippen LogP contribution in [0, 0.1) is 5.92 Å². The predicted molar refractivity (Wildman–Crippen MR) is 90.8 cm³/mol. The summed E-state index contributed by atoms with van der Waals surface area (Å²) in [6, 6.07) is 6.06. The summed E-state index contributed by atoms with van der Waals surface area (Å²) < 4.78 is 5.60. The number of esters is 1. The summed E-state index contributed by atoms with van der Waals surface area (Å²) in [4.78, 5) is 21.1. The molecule has 0 aromatic carbocycles. The monoisotopic (exact) mass is 317 g/mol. The van der Waals surface area contributed by atoms with Gasteiger partial charge in [0, 0.05) is 26.1 Å². The van der Waals surface area contributed by atoms with Crippen LogP contribution in [0.25, 0.3) is 0 Å². The van der Waals surface area contributed by atoms with Crippen LogP contribution < -0.4 is 4.90 Å². The highest BCUT2D eigenvalue weighted by atomic mass is 16.5. The van der Waals surface area contributed by atoms with E-state index in [0.29, 0.717) is 24.3 Å². The maximum atomic E-state index is 12.3. The first-order valence-electron chi connectivity index (χ1n) is 8.70. The average molecular weight is 317 g/mol. The van der Waals surface area contributed by atoms with Crippen LogP contribution in [0.3, 0.4) is 0 Å². The molecule has 2 saturated heterocycles. The predicted octanol–water partition coefficient (Wildman–Crippen LogP) is 2.57. The molecule has 0 bridgehead atoms. The first-order valence-corrected chi connectivity index (χ1v) is 8.70. The minimum Gasteiger partial charge on any atom is -0.461 e. The lowest BCUT2D eigenvalue weighted by atomic mass is 9.84. The Morgan fingerprint density at radius 2 is 2.09 bits per heavy atom. The molecule has 126 valence electrons. The number of pyridine rings is 1. The molecule has 0 radical (unpaired) electrons. The fourth-order valence-corrected chi connectivity index (χ4v) is 3.81. The van der Waals surface area contributed by atoms with Crippen LogP contribution in [0.2, 0.25) is 0 Å². The first kappa shape index (κ1) is 16.2. The van der Waals surface area contributed by atoms with E-state index in [0.717, 1.165) is 5.82 Å². The Labute approximate surface area is 138 Å². The molecule has 2 fully saturated rings. The van der Waals surface area contributed by atoms with Crippen molar-refractivity contribution in [2.75, 3.05) is 38.7 Å². The van der Waals surface area contributed by atoms with Gasteiger partial charge in [-0.15, -0.1) is 0 Å². The van der Waals surface area contributed by atoms with Crippen LogP contribution >= 0.6 is 0 Å². The number of piperidine rings is 2. The van der Waals surface area contributed by atoms with E-state index in [9.17, 15) is 4.79 Å². The Bertz CT molecular complexity index is 545. The quantitative estimate of drug-likeness (QED) is 0.799.